The molecule has 3 rings (SSSR count). The number of benzene rings is 1. The van der Waals surface area contributed by atoms with E-state index in [2.05, 4.69) is 53.5 Å². The molecule has 0 aliphatic carbocycles. The van der Waals surface area contributed by atoms with Gasteiger partial charge in [0.05, 0.1) is 6.33 Å². The van der Waals surface area contributed by atoms with Crippen LogP contribution in [-0.2, 0) is 21.1 Å². The number of imidazole rings is 1. The standard InChI is InChI=1S/C15H16N3.W/c1-9(2)12-6-13-14(5-10(12)3)18-8-17-11(4)15(18)7-16-13;/h5-6,8-9H,1-4H3;/q-1;. The van der Waals surface area contributed by atoms with Gasteiger partial charge in [0.25, 0.3) is 0 Å². The summed E-state index contributed by atoms with van der Waals surface area (Å²) in [5, 5.41) is 0. The van der Waals surface area contributed by atoms with Gasteiger partial charge in [0.1, 0.15) is 0 Å². The van der Waals surface area contributed by atoms with Crippen molar-refractivity contribution in [1.29, 1.82) is 0 Å². The van der Waals surface area contributed by atoms with E-state index in [9.17, 15) is 0 Å². The predicted molar refractivity (Wildman–Crippen MR) is 72.9 cm³/mol. The number of hydrogen-bond donors (Lipinski definition) is 0. The molecule has 0 unspecified atom stereocenters. The Bertz CT molecular complexity index is 744. The molecule has 0 amide bonds. The topological polar surface area (TPSA) is 30.2 Å². The van der Waals surface area contributed by atoms with E-state index < -0.39 is 0 Å². The number of aryl methyl sites for hydroxylation is 2. The maximum atomic E-state index is 4.44. The zero-order valence-corrected chi connectivity index (χ0v) is 14.5. The molecule has 0 saturated heterocycles. The van der Waals surface area contributed by atoms with Crippen molar-refractivity contribution in [3.05, 3.63) is 41.5 Å². The summed E-state index contributed by atoms with van der Waals surface area (Å²) < 4.78 is 2.06. The van der Waals surface area contributed by atoms with Gasteiger partial charge in [-0.1, -0.05) is 38.6 Å². The number of fused-ring (bicyclic) bond motifs is 3. The molecular weight excluding hydrogens is 406 g/mol. The molecule has 1 aromatic carbocycles. The molecule has 0 radical (unpaired) electrons. The Labute approximate surface area is 127 Å². The van der Waals surface area contributed by atoms with Crippen LogP contribution >= 0.6 is 0 Å². The van der Waals surface area contributed by atoms with Gasteiger partial charge in [-0.05, 0) is 41.2 Å². The zero-order chi connectivity index (χ0) is 12.9. The Hall–Kier alpha value is -1.21. The van der Waals surface area contributed by atoms with Crippen LogP contribution in [0.25, 0.3) is 16.6 Å². The van der Waals surface area contributed by atoms with Crippen LogP contribution in [0.4, 0.5) is 0 Å². The van der Waals surface area contributed by atoms with Gasteiger partial charge in [-0.25, -0.2) is 0 Å². The van der Waals surface area contributed by atoms with Crippen LogP contribution in [0, 0.1) is 20.0 Å². The van der Waals surface area contributed by atoms with Crippen LogP contribution in [0.5, 0.6) is 0 Å². The first kappa shape index (κ1) is 14.2. The van der Waals surface area contributed by atoms with Crippen molar-refractivity contribution in [1.82, 2.24) is 14.4 Å². The molecule has 2 aromatic heterocycles. The van der Waals surface area contributed by atoms with E-state index in [0.29, 0.717) is 5.92 Å². The quantitative estimate of drug-likeness (QED) is 0.563. The fourth-order valence-electron chi connectivity index (χ4n) is 2.47. The molecule has 98 valence electrons. The van der Waals surface area contributed by atoms with Crippen molar-refractivity contribution < 1.29 is 21.1 Å². The predicted octanol–water partition coefficient (Wildman–Crippen LogP) is 3.42. The summed E-state index contributed by atoms with van der Waals surface area (Å²) in [6.45, 7) is 8.55. The summed E-state index contributed by atoms with van der Waals surface area (Å²) in [5.41, 5.74) is 6.66. The Morgan fingerprint density at radius 3 is 2.63 bits per heavy atom. The van der Waals surface area contributed by atoms with Crippen molar-refractivity contribution in [2.75, 3.05) is 0 Å². The number of aromatic nitrogens is 3. The minimum atomic E-state index is 0. The van der Waals surface area contributed by atoms with E-state index in [4.69, 9.17) is 0 Å². The first-order chi connectivity index (χ1) is 8.58. The SMILES string of the molecule is Cc1cc2c(cc1C(C)C)n[c-]c1c(C)ncn12.[W]. The van der Waals surface area contributed by atoms with Crippen LogP contribution in [-0.4, -0.2) is 14.4 Å². The van der Waals surface area contributed by atoms with Gasteiger partial charge >= 0.3 is 0 Å². The molecule has 0 spiro atoms. The molecule has 4 heteroatoms. The third-order valence-corrected chi connectivity index (χ3v) is 3.48. The van der Waals surface area contributed by atoms with Crippen LogP contribution in [0.3, 0.4) is 0 Å². The average molecular weight is 422 g/mol. The first-order valence-corrected chi connectivity index (χ1v) is 6.23. The Balaban J connectivity index is 0.00000133. The first-order valence-electron chi connectivity index (χ1n) is 6.23. The average Bonchev–Trinajstić information content (AvgIpc) is 2.70. The number of rotatable bonds is 1. The second kappa shape index (κ2) is 5.05. The third kappa shape index (κ3) is 2.21. The summed E-state index contributed by atoms with van der Waals surface area (Å²) in [7, 11) is 0. The van der Waals surface area contributed by atoms with Crippen molar-refractivity contribution in [3.8, 4) is 0 Å². The summed E-state index contributed by atoms with van der Waals surface area (Å²) in [4.78, 5) is 8.77. The number of hydrogen-bond acceptors (Lipinski definition) is 2. The third-order valence-electron chi connectivity index (χ3n) is 3.48. The molecular formula is C15H16N3W-. The summed E-state index contributed by atoms with van der Waals surface area (Å²) >= 11 is 0. The smallest absolute Gasteiger partial charge is 0.0834 e. The van der Waals surface area contributed by atoms with E-state index in [0.717, 1.165) is 22.2 Å². The molecule has 0 aliphatic heterocycles. The fraction of sp³-hybridized carbons (Fsp3) is 0.333. The van der Waals surface area contributed by atoms with Crippen molar-refractivity contribution in [3.63, 3.8) is 0 Å². The van der Waals surface area contributed by atoms with Crippen LogP contribution < -0.4 is 0 Å². The van der Waals surface area contributed by atoms with E-state index >= 15 is 0 Å². The zero-order valence-electron chi connectivity index (χ0n) is 11.6. The van der Waals surface area contributed by atoms with Gasteiger partial charge in [0, 0.05) is 26.6 Å². The fourth-order valence-corrected chi connectivity index (χ4v) is 2.47. The molecule has 0 fully saturated rings. The maximum Gasteiger partial charge on any atom is 0.0834 e. The van der Waals surface area contributed by atoms with E-state index in [-0.39, 0.29) is 21.1 Å². The summed E-state index contributed by atoms with van der Waals surface area (Å²) in [6.07, 6.45) is 4.93. The molecule has 19 heavy (non-hydrogen) atoms. The minimum Gasteiger partial charge on any atom is -0.381 e. The summed E-state index contributed by atoms with van der Waals surface area (Å²) in [6, 6.07) is 4.36. The van der Waals surface area contributed by atoms with E-state index in [1.54, 1.807) is 0 Å². The second-order valence-electron chi connectivity index (χ2n) is 5.12. The van der Waals surface area contributed by atoms with Gasteiger partial charge in [-0.15, -0.1) is 0 Å². The normalized spacial score (nSPS) is 11.2. The van der Waals surface area contributed by atoms with Gasteiger partial charge in [-0.2, -0.15) is 0 Å². The van der Waals surface area contributed by atoms with Gasteiger partial charge in [-0.3, -0.25) is 0 Å². The molecule has 3 aromatic rings. The van der Waals surface area contributed by atoms with Crippen LogP contribution in [0.15, 0.2) is 18.5 Å². The number of nitrogens with zero attached hydrogens (tertiary/aromatic N) is 3. The molecule has 3 nitrogen and oxygen atoms in total. The largest absolute Gasteiger partial charge is 0.381 e. The molecule has 0 N–H and O–H groups in total. The Kier molecular flexibility index (Phi) is 3.77. The van der Waals surface area contributed by atoms with Crippen LogP contribution in [0.2, 0.25) is 0 Å². The van der Waals surface area contributed by atoms with Crippen molar-refractivity contribution >= 4 is 16.6 Å². The molecule has 0 saturated carbocycles. The van der Waals surface area contributed by atoms with Gasteiger partial charge in [0.2, 0.25) is 0 Å². The van der Waals surface area contributed by atoms with E-state index in [1.165, 1.54) is 11.1 Å². The molecule has 0 aliphatic rings. The molecule has 0 bridgehead atoms. The molecule has 0 atom stereocenters. The monoisotopic (exact) mass is 422 g/mol. The maximum absolute atomic E-state index is 4.44. The Morgan fingerprint density at radius 1 is 1.21 bits per heavy atom. The molecule has 2 heterocycles. The van der Waals surface area contributed by atoms with Gasteiger partial charge < -0.3 is 14.4 Å². The van der Waals surface area contributed by atoms with Gasteiger partial charge in [0.15, 0.2) is 0 Å². The van der Waals surface area contributed by atoms with Crippen molar-refractivity contribution in [2.45, 2.75) is 33.6 Å². The Morgan fingerprint density at radius 2 is 1.95 bits per heavy atom. The van der Waals surface area contributed by atoms with Crippen molar-refractivity contribution in [2.24, 2.45) is 0 Å². The summed E-state index contributed by atoms with van der Waals surface area (Å²) in [5.74, 6) is 0.511. The van der Waals surface area contributed by atoms with Crippen LogP contribution in [0.1, 0.15) is 36.6 Å². The second-order valence-corrected chi connectivity index (χ2v) is 5.12. The minimum absolute atomic E-state index is 0. The van der Waals surface area contributed by atoms with E-state index in [1.807, 2.05) is 13.3 Å².